The van der Waals surface area contributed by atoms with Crippen LogP contribution < -0.4 is 4.74 Å². The number of ether oxygens (including phenoxy) is 1. The van der Waals surface area contributed by atoms with Gasteiger partial charge in [0.25, 0.3) is 9.05 Å². The molecule has 0 atom stereocenters. The lowest BCUT2D eigenvalue weighted by Crippen LogP contribution is -2.12. The van der Waals surface area contributed by atoms with Crippen LogP contribution in [-0.4, -0.2) is 14.5 Å². The Morgan fingerprint density at radius 1 is 1.28 bits per heavy atom. The molecule has 0 aliphatic heterocycles. The van der Waals surface area contributed by atoms with Crippen LogP contribution >= 0.6 is 10.7 Å². The largest absolute Gasteiger partial charge is 0.489 e. The maximum atomic E-state index is 11.6. The third-order valence-electron chi connectivity index (χ3n) is 2.89. The SMILES string of the molecule is CC(C)(C)c1ccc(OC2CC2)c(S(=O)(=O)Cl)c1. The topological polar surface area (TPSA) is 43.4 Å². The first-order valence-corrected chi connectivity index (χ1v) is 8.25. The smallest absolute Gasteiger partial charge is 0.264 e. The first-order chi connectivity index (χ1) is 8.18. The molecule has 18 heavy (non-hydrogen) atoms. The molecule has 0 aromatic heterocycles. The Balaban J connectivity index is 2.48. The minimum Gasteiger partial charge on any atom is -0.489 e. The van der Waals surface area contributed by atoms with Gasteiger partial charge in [0.05, 0.1) is 6.10 Å². The van der Waals surface area contributed by atoms with Gasteiger partial charge >= 0.3 is 0 Å². The van der Waals surface area contributed by atoms with Crippen molar-refractivity contribution in [3.63, 3.8) is 0 Å². The average Bonchev–Trinajstić information content (AvgIpc) is 2.98. The van der Waals surface area contributed by atoms with Crippen molar-refractivity contribution in [2.24, 2.45) is 0 Å². The molecule has 0 radical (unpaired) electrons. The van der Waals surface area contributed by atoms with Gasteiger partial charge in [0, 0.05) is 10.7 Å². The van der Waals surface area contributed by atoms with Gasteiger partial charge in [0.15, 0.2) is 0 Å². The van der Waals surface area contributed by atoms with E-state index in [0.717, 1.165) is 18.4 Å². The fraction of sp³-hybridized carbons (Fsp3) is 0.538. The maximum Gasteiger partial charge on any atom is 0.264 e. The van der Waals surface area contributed by atoms with Crippen LogP contribution in [0, 0.1) is 0 Å². The molecule has 0 amide bonds. The average molecular weight is 289 g/mol. The van der Waals surface area contributed by atoms with Crippen molar-refractivity contribution in [3.05, 3.63) is 23.8 Å². The molecule has 1 aliphatic carbocycles. The highest BCUT2D eigenvalue weighted by Gasteiger charge is 2.28. The second kappa shape index (κ2) is 4.42. The van der Waals surface area contributed by atoms with Gasteiger partial charge in [-0.1, -0.05) is 26.8 Å². The van der Waals surface area contributed by atoms with Crippen molar-refractivity contribution in [2.45, 2.75) is 50.0 Å². The molecule has 1 saturated carbocycles. The van der Waals surface area contributed by atoms with Crippen LogP contribution in [0.15, 0.2) is 23.1 Å². The monoisotopic (exact) mass is 288 g/mol. The Morgan fingerprint density at radius 2 is 1.89 bits per heavy atom. The van der Waals surface area contributed by atoms with E-state index in [1.807, 2.05) is 26.8 Å². The third kappa shape index (κ3) is 3.18. The molecule has 5 heteroatoms. The van der Waals surface area contributed by atoms with Crippen molar-refractivity contribution >= 4 is 19.7 Å². The molecule has 0 bridgehead atoms. The van der Waals surface area contributed by atoms with Crippen molar-refractivity contribution in [2.75, 3.05) is 0 Å². The standard InChI is InChI=1S/C13H17ClO3S/c1-13(2,3)9-4-7-11(17-10-5-6-10)12(8-9)18(14,15)16/h4,7-8,10H,5-6H2,1-3H3. The van der Waals surface area contributed by atoms with Gasteiger partial charge < -0.3 is 4.74 Å². The Bertz CT molecular complexity index is 554. The summed E-state index contributed by atoms with van der Waals surface area (Å²) in [5.41, 5.74) is 0.791. The van der Waals surface area contributed by atoms with Crippen molar-refractivity contribution < 1.29 is 13.2 Å². The minimum atomic E-state index is -3.79. The molecule has 0 N–H and O–H groups in total. The van der Waals surface area contributed by atoms with Gasteiger partial charge in [0.2, 0.25) is 0 Å². The summed E-state index contributed by atoms with van der Waals surface area (Å²) in [5, 5.41) is 0. The van der Waals surface area contributed by atoms with E-state index in [1.165, 1.54) is 0 Å². The zero-order valence-electron chi connectivity index (χ0n) is 10.7. The molecule has 0 spiro atoms. The predicted octanol–water partition coefficient (Wildman–Crippen LogP) is 3.45. The van der Waals surface area contributed by atoms with E-state index >= 15 is 0 Å². The second-order valence-electron chi connectivity index (χ2n) is 5.67. The Kier molecular flexibility index (Phi) is 3.36. The van der Waals surface area contributed by atoms with E-state index < -0.39 is 9.05 Å². The molecular weight excluding hydrogens is 272 g/mol. The van der Waals surface area contributed by atoms with E-state index in [-0.39, 0.29) is 16.4 Å². The van der Waals surface area contributed by atoms with Gasteiger partial charge in [-0.15, -0.1) is 0 Å². The van der Waals surface area contributed by atoms with Gasteiger partial charge in [-0.2, -0.15) is 0 Å². The van der Waals surface area contributed by atoms with E-state index in [1.54, 1.807) is 12.1 Å². The van der Waals surface area contributed by atoms with Crippen LogP contribution in [0.25, 0.3) is 0 Å². The quantitative estimate of drug-likeness (QED) is 0.800. The van der Waals surface area contributed by atoms with Gasteiger partial charge in [-0.3, -0.25) is 0 Å². The van der Waals surface area contributed by atoms with Crippen LogP contribution in [0.4, 0.5) is 0 Å². The summed E-state index contributed by atoms with van der Waals surface area (Å²) in [7, 11) is 1.69. The Hall–Kier alpha value is -0.740. The van der Waals surface area contributed by atoms with Crippen LogP contribution in [0.3, 0.4) is 0 Å². The molecule has 0 heterocycles. The molecule has 1 fully saturated rings. The second-order valence-corrected chi connectivity index (χ2v) is 8.20. The number of hydrogen-bond donors (Lipinski definition) is 0. The van der Waals surface area contributed by atoms with Crippen LogP contribution in [0.1, 0.15) is 39.2 Å². The molecule has 3 nitrogen and oxygen atoms in total. The first kappa shape index (κ1) is 13.7. The lowest BCUT2D eigenvalue weighted by molar-refractivity contribution is 0.295. The van der Waals surface area contributed by atoms with E-state index in [2.05, 4.69) is 0 Å². The zero-order valence-corrected chi connectivity index (χ0v) is 12.3. The summed E-state index contributed by atoms with van der Waals surface area (Å²) >= 11 is 0. The molecule has 0 unspecified atom stereocenters. The summed E-state index contributed by atoms with van der Waals surface area (Å²) in [6.07, 6.45) is 2.09. The zero-order chi connectivity index (χ0) is 13.6. The van der Waals surface area contributed by atoms with Gasteiger partial charge in [-0.25, -0.2) is 8.42 Å². The number of rotatable bonds is 3. The maximum absolute atomic E-state index is 11.6. The molecule has 0 saturated heterocycles. The number of hydrogen-bond acceptors (Lipinski definition) is 3. The fourth-order valence-electron chi connectivity index (χ4n) is 1.63. The summed E-state index contributed by atoms with van der Waals surface area (Å²) in [6.45, 7) is 6.07. The Morgan fingerprint density at radius 3 is 2.33 bits per heavy atom. The summed E-state index contributed by atoms with van der Waals surface area (Å²) in [4.78, 5) is 0.0727. The molecular formula is C13H17ClO3S. The summed E-state index contributed by atoms with van der Waals surface area (Å²) in [5.74, 6) is 0.362. The van der Waals surface area contributed by atoms with Crippen LogP contribution in [-0.2, 0) is 14.5 Å². The lowest BCUT2D eigenvalue weighted by atomic mass is 9.87. The van der Waals surface area contributed by atoms with Crippen molar-refractivity contribution in [1.82, 2.24) is 0 Å². The van der Waals surface area contributed by atoms with E-state index in [9.17, 15) is 8.42 Å². The lowest BCUT2D eigenvalue weighted by Gasteiger charge is -2.20. The molecule has 1 aromatic rings. The minimum absolute atomic E-state index is 0.0727. The number of benzene rings is 1. The van der Waals surface area contributed by atoms with Crippen molar-refractivity contribution in [3.8, 4) is 5.75 Å². The normalized spacial score (nSPS) is 16.7. The fourth-order valence-corrected chi connectivity index (χ4v) is 2.61. The molecule has 100 valence electrons. The number of halogens is 1. The Labute approximate surface area is 113 Å². The van der Waals surface area contributed by atoms with Crippen LogP contribution in [0.2, 0.25) is 0 Å². The summed E-state index contributed by atoms with van der Waals surface area (Å²) < 4.78 is 28.8. The molecule has 2 rings (SSSR count). The highest BCUT2D eigenvalue weighted by atomic mass is 35.7. The first-order valence-electron chi connectivity index (χ1n) is 5.94. The summed E-state index contributed by atoms with van der Waals surface area (Å²) in [6, 6.07) is 5.21. The van der Waals surface area contributed by atoms with Crippen LogP contribution in [0.5, 0.6) is 5.75 Å². The van der Waals surface area contributed by atoms with Gasteiger partial charge in [-0.05, 0) is 36.0 Å². The predicted molar refractivity (Wildman–Crippen MR) is 71.8 cm³/mol. The van der Waals surface area contributed by atoms with E-state index in [0.29, 0.717) is 5.75 Å². The molecule has 1 aromatic carbocycles. The van der Waals surface area contributed by atoms with Gasteiger partial charge in [0.1, 0.15) is 10.6 Å². The highest BCUT2D eigenvalue weighted by Crippen LogP contribution is 2.36. The third-order valence-corrected chi connectivity index (χ3v) is 4.23. The van der Waals surface area contributed by atoms with E-state index in [4.69, 9.17) is 15.4 Å². The molecule has 1 aliphatic rings. The van der Waals surface area contributed by atoms with Crippen molar-refractivity contribution in [1.29, 1.82) is 0 Å². The highest BCUT2D eigenvalue weighted by molar-refractivity contribution is 8.13.